The zero-order valence-electron chi connectivity index (χ0n) is 18.6. The molecule has 1 nitrogen and oxygen atoms in total. The predicted molar refractivity (Wildman–Crippen MR) is 122 cm³/mol. The highest BCUT2D eigenvalue weighted by Gasteiger charge is 2.39. The molecule has 0 aromatic carbocycles. The van der Waals surface area contributed by atoms with Crippen LogP contribution >= 0.6 is 11.8 Å². The summed E-state index contributed by atoms with van der Waals surface area (Å²) in [4.78, 5) is 0.333. The smallest absolute Gasteiger partial charge is 0.0623 e. The molecule has 1 fully saturated rings. The van der Waals surface area contributed by atoms with Crippen LogP contribution in [-0.2, 0) is 0 Å². The Morgan fingerprint density at radius 2 is 1.00 bits per heavy atom. The Labute approximate surface area is 170 Å². The van der Waals surface area contributed by atoms with Crippen molar-refractivity contribution in [2.24, 2.45) is 0 Å². The Bertz CT molecular complexity index is 328. The standard InChI is InChI=1S/C24H49NS/c1-5-6-7-8-9-10-11-12-13-14-15-16-17-18-19-20-21-24(4)25-22-23(2,3)26-24/h25H,5-22H2,1-4H3. The second-order valence-corrected chi connectivity index (χ2v) is 11.7. The summed E-state index contributed by atoms with van der Waals surface area (Å²) in [5.74, 6) is 0. The van der Waals surface area contributed by atoms with Crippen LogP contribution in [0.1, 0.15) is 137 Å². The predicted octanol–water partition coefficient (Wildman–Crippen LogP) is 8.47. The van der Waals surface area contributed by atoms with Gasteiger partial charge in [-0.25, -0.2) is 0 Å². The fourth-order valence-corrected chi connectivity index (χ4v) is 5.99. The van der Waals surface area contributed by atoms with Crippen molar-refractivity contribution < 1.29 is 0 Å². The van der Waals surface area contributed by atoms with Crippen LogP contribution in [0.5, 0.6) is 0 Å². The van der Waals surface area contributed by atoms with Crippen LogP contribution in [0, 0.1) is 0 Å². The molecule has 0 bridgehead atoms. The van der Waals surface area contributed by atoms with Crippen molar-refractivity contribution >= 4 is 11.8 Å². The van der Waals surface area contributed by atoms with Crippen LogP contribution in [0.2, 0.25) is 0 Å². The van der Waals surface area contributed by atoms with Crippen LogP contribution in [0.3, 0.4) is 0 Å². The monoisotopic (exact) mass is 383 g/mol. The SMILES string of the molecule is CCCCCCCCCCCCCCCCCCC1(C)NCC(C)(C)S1. The molecule has 1 atom stereocenters. The van der Waals surface area contributed by atoms with E-state index in [1.165, 1.54) is 109 Å². The lowest BCUT2D eigenvalue weighted by Gasteiger charge is -2.25. The van der Waals surface area contributed by atoms with E-state index >= 15 is 0 Å². The fraction of sp³-hybridized carbons (Fsp3) is 1.00. The summed E-state index contributed by atoms with van der Waals surface area (Å²) in [5.41, 5.74) is 0. The summed E-state index contributed by atoms with van der Waals surface area (Å²) >= 11 is 2.15. The van der Waals surface area contributed by atoms with E-state index in [1.807, 2.05) is 0 Å². The van der Waals surface area contributed by atoms with Crippen molar-refractivity contribution in [2.75, 3.05) is 6.54 Å². The molecular weight excluding hydrogens is 334 g/mol. The first kappa shape index (κ1) is 24.3. The van der Waals surface area contributed by atoms with Crippen molar-refractivity contribution in [3.63, 3.8) is 0 Å². The summed E-state index contributed by atoms with van der Waals surface area (Å²) in [7, 11) is 0. The number of rotatable bonds is 17. The van der Waals surface area contributed by atoms with Crippen molar-refractivity contribution in [2.45, 2.75) is 146 Å². The molecular formula is C24H49NS. The average Bonchev–Trinajstić information content (AvgIpc) is 2.88. The highest BCUT2D eigenvalue weighted by atomic mass is 32.2. The third-order valence-electron chi connectivity index (χ3n) is 5.90. The first-order valence-electron chi connectivity index (χ1n) is 11.9. The van der Waals surface area contributed by atoms with Crippen molar-refractivity contribution in [1.29, 1.82) is 0 Å². The van der Waals surface area contributed by atoms with Gasteiger partial charge in [0.2, 0.25) is 0 Å². The highest BCUT2D eigenvalue weighted by molar-refractivity contribution is 8.02. The topological polar surface area (TPSA) is 12.0 Å². The Balaban J connectivity index is 1.76. The van der Waals surface area contributed by atoms with Crippen LogP contribution in [0.4, 0.5) is 0 Å². The number of hydrogen-bond donors (Lipinski definition) is 1. The van der Waals surface area contributed by atoms with E-state index in [9.17, 15) is 0 Å². The minimum Gasteiger partial charge on any atom is -0.302 e. The van der Waals surface area contributed by atoms with Gasteiger partial charge in [-0.3, -0.25) is 0 Å². The van der Waals surface area contributed by atoms with Crippen LogP contribution in [-0.4, -0.2) is 16.2 Å². The Kier molecular flexibility index (Phi) is 13.4. The molecule has 0 aliphatic carbocycles. The quantitative estimate of drug-likeness (QED) is 0.253. The molecule has 1 aliphatic rings. The van der Waals surface area contributed by atoms with Crippen molar-refractivity contribution in [1.82, 2.24) is 5.32 Å². The maximum atomic E-state index is 3.74. The molecule has 26 heavy (non-hydrogen) atoms. The maximum absolute atomic E-state index is 3.74. The molecule has 0 spiro atoms. The molecule has 1 unspecified atom stereocenters. The lowest BCUT2D eigenvalue weighted by atomic mass is 10.0. The van der Waals surface area contributed by atoms with Gasteiger partial charge in [0.1, 0.15) is 0 Å². The van der Waals surface area contributed by atoms with Crippen LogP contribution in [0.25, 0.3) is 0 Å². The van der Waals surface area contributed by atoms with Gasteiger partial charge in [-0.05, 0) is 27.2 Å². The Morgan fingerprint density at radius 3 is 1.35 bits per heavy atom. The lowest BCUT2D eigenvalue weighted by Crippen LogP contribution is -2.33. The van der Waals surface area contributed by atoms with Gasteiger partial charge in [0.15, 0.2) is 0 Å². The molecule has 1 rings (SSSR count). The molecule has 156 valence electrons. The van der Waals surface area contributed by atoms with E-state index in [-0.39, 0.29) is 0 Å². The van der Waals surface area contributed by atoms with Gasteiger partial charge in [-0.15, -0.1) is 11.8 Å². The van der Waals surface area contributed by atoms with E-state index in [4.69, 9.17) is 0 Å². The van der Waals surface area contributed by atoms with Gasteiger partial charge < -0.3 is 5.32 Å². The minimum absolute atomic E-state index is 0.333. The normalized spacial score (nSPS) is 22.2. The van der Waals surface area contributed by atoms with Gasteiger partial charge in [0.25, 0.3) is 0 Å². The van der Waals surface area contributed by atoms with Crippen molar-refractivity contribution in [3.05, 3.63) is 0 Å². The molecule has 0 radical (unpaired) electrons. The van der Waals surface area contributed by atoms with Crippen LogP contribution in [0.15, 0.2) is 0 Å². The molecule has 2 heteroatoms. The Hall–Kier alpha value is 0.310. The third kappa shape index (κ3) is 12.7. The highest BCUT2D eigenvalue weighted by Crippen LogP contribution is 2.43. The zero-order valence-corrected chi connectivity index (χ0v) is 19.5. The van der Waals surface area contributed by atoms with E-state index < -0.39 is 0 Å². The number of thioether (sulfide) groups is 1. The first-order chi connectivity index (χ1) is 12.5. The average molecular weight is 384 g/mol. The fourth-order valence-electron chi connectivity index (χ4n) is 4.23. The van der Waals surface area contributed by atoms with E-state index in [0.29, 0.717) is 9.62 Å². The largest absolute Gasteiger partial charge is 0.302 e. The van der Waals surface area contributed by atoms with Crippen molar-refractivity contribution in [3.8, 4) is 0 Å². The number of nitrogens with one attached hydrogen (secondary N) is 1. The number of hydrogen-bond acceptors (Lipinski definition) is 2. The van der Waals surface area contributed by atoms with Gasteiger partial charge in [-0.2, -0.15) is 0 Å². The van der Waals surface area contributed by atoms with Gasteiger partial charge in [-0.1, -0.05) is 110 Å². The van der Waals surface area contributed by atoms with E-state index in [2.05, 4.69) is 44.8 Å². The minimum atomic E-state index is 0.333. The second kappa shape index (κ2) is 14.3. The molecule has 1 heterocycles. The summed E-state index contributed by atoms with van der Waals surface area (Å²) in [5, 5.41) is 3.74. The Morgan fingerprint density at radius 1 is 0.615 bits per heavy atom. The molecule has 0 amide bonds. The van der Waals surface area contributed by atoms with Gasteiger partial charge in [0.05, 0.1) is 4.87 Å². The summed E-state index contributed by atoms with van der Waals surface area (Å²) in [6.45, 7) is 10.6. The molecule has 1 N–H and O–H groups in total. The molecule has 0 aromatic heterocycles. The van der Waals surface area contributed by atoms with Gasteiger partial charge in [0, 0.05) is 11.3 Å². The number of unbranched alkanes of at least 4 members (excludes halogenated alkanes) is 15. The van der Waals surface area contributed by atoms with Gasteiger partial charge >= 0.3 is 0 Å². The third-order valence-corrected chi connectivity index (χ3v) is 7.39. The molecule has 0 aromatic rings. The van der Waals surface area contributed by atoms with E-state index in [0.717, 1.165) is 6.54 Å². The molecule has 1 aliphatic heterocycles. The lowest BCUT2D eigenvalue weighted by molar-refractivity contribution is 0.455. The first-order valence-corrected chi connectivity index (χ1v) is 12.7. The maximum Gasteiger partial charge on any atom is 0.0623 e. The summed E-state index contributed by atoms with van der Waals surface area (Å²) in [6, 6.07) is 0. The molecule has 1 saturated heterocycles. The molecule has 0 saturated carbocycles. The zero-order chi connectivity index (χ0) is 19.1. The van der Waals surface area contributed by atoms with E-state index in [1.54, 1.807) is 0 Å². The van der Waals surface area contributed by atoms with Crippen LogP contribution < -0.4 is 5.32 Å². The second-order valence-electron chi connectivity index (χ2n) is 9.50. The summed E-state index contributed by atoms with van der Waals surface area (Å²) in [6.07, 6.45) is 24.6. The summed E-state index contributed by atoms with van der Waals surface area (Å²) < 4.78 is 0.420.